The van der Waals surface area contributed by atoms with Gasteiger partial charge in [0.05, 0.1) is 0 Å². The third-order valence-electron chi connectivity index (χ3n) is 2.95. The molecular formula is C15H10O5. The number of benzene rings is 2. The summed E-state index contributed by atoms with van der Waals surface area (Å²) in [6.07, 6.45) is 0. The number of fused-ring (bicyclic) bond motifs is 1. The molecule has 0 bridgehead atoms. The lowest BCUT2D eigenvalue weighted by molar-refractivity contribution is 0.443. The van der Waals surface area contributed by atoms with E-state index in [2.05, 4.69) is 0 Å². The summed E-state index contributed by atoms with van der Waals surface area (Å²) in [5, 5.41) is 28.9. The van der Waals surface area contributed by atoms with Gasteiger partial charge in [0.1, 0.15) is 34.3 Å². The van der Waals surface area contributed by atoms with Gasteiger partial charge in [0.2, 0.25) is 0 Å². The minimum atomic E-state index is -0.416. The van der Waals surface area contributed by atoms with Crippen LogP contribution in [0.4, 0.5) is 0 Å². The van der Waals surface area contributed by atoms with Crippen molar-refractivity contribution >= 4 is 0 Å². The van der Waals surface area contributed by atoms with E-state index in [1.807, 2.05) is 0 Å². The highest BCUT2D eigenvalue weighted by atomic mass is 16.3. The molecule has 100 valence electrons. The van der Waals surface area contributed by atoms with Crippen LogP contribution in [0.25, 0.3) is 22.6 Å². The molecule has 0 amide bonds. The molecule has 1 aliphatic carbocycles. The minimum Gasteiger partial charge on any atom is -0.508 e. The maximum absolute atomic E-state index is 11.4. The second-order valence-corrected chi connectivity index (χ2v) is 4.36. The molecule has 0 radical (unpaired) electrons. The first-order chi connectivity index (χ1) is 9.54. The van der Waals surface area contributed by atoms with Crippen molar-refractivity contribution in [3.8, 4) is 39.9 Å². The standard InChI is InChI=1S/C15H10O5/c16-9-3-1-8(2-4-9)13-7-12(19)15-11(18)5-10(17)6-14(15)20-13/h1-7,16,18-19H. The number of aromatic hydroxyl groups is 3. The Kier molecular flexibility index (Phi) is 2.61. The molecule has 0 aromatic heterocycles. The molecule has 5 nitrogen and oxygen atoms in total. The number of rotatable bonds is 1. The van der Waals surface area contributed by atoms with Crippen molar-refractivity contribution in [1.29, 1.82) is 0 Å². The number of phenolic OH excluding ortho intramolecular Hbond substituents is 2. The van der Waals surface area contributed by atoms with Crippen molar-refractivity contribution in [1.82, 2.24) is 0 Å². The van der Waals surface area contributed by atoms with Crippen LogP contribution in [0.15, 0.2) is 51.7 Å². The summed E-state index contributed by atoms with van der Waals surface area (Å²) >= 11 is 0. The van der Waals surface area contributed by atoms with Crippen LogP contribution in [0, 0.1) is 0 Å². The Morgan fingerprint density at radius 3 is 2.15 bits per heavy atom. The quantitative estimate of drug-likeness (QED) is 0.632. The van der Waals surface area contributed by atoms with Crippen molar-refractivity contribution in [2.45, 2.75) is 0 Å². The fourth-order valence-corrected chi connectivity index (χ4v) is 2.03. The third-order valence-corrected chi connectivity index (χ3v) is 2.95. The molecule has 3 rings (SSSR count). The largest absolute Gasteiger partial charge is 0.508 e. The van der Waals surface area contributed by atoms with Crippen LogP contribution in [0.5, 0.6) is 17.2 Å². The maximum Gasteiger partial charge on any atom is 0.186 e. The average Bonchev–Trinajstić information content (AvgIpc) is 2.38. The highest BCUT2D eigenvalue weighted by molar-refractivity contribution is 5.76. The molecule has 0 fully saturated rings. The first-order valence-corrected chi connectivity index (χ1v) is 5.84. The fourth-order valence-electron chi connectivity index (χ4n) is 2.03. The summed E-state index contributed by atoms with van der Waals surface area (Å²) in [6.45, 7) is 0. The van der Waals surface area contributed by atoms with Crippen molar-refractivity contribution < 1.29 is 19.7 Å². The van der Waals surface area contributed by atoms with E-state index < -0.39 is 5.43 Å². The van der Waals surface area contributed by atoms with Crippen LogP contribution in [0.1, 0.15) is 0 Å². The average molecular weight is 270 g/mol. The molecule has 0 unspecified atom stereocenters. The third kappa shape index (κ3) is 1.95. The van der Waals surface area contributed by atoms with E-state index in [-0.39, 0.29) is 28.6 Å². The Morgan fingerprint density at radius 2 is 1.45 bits per heavy atom. The van der Waals surface area contributed by atoms with Gasteiger partial charge in [-0.15, -0.1) is 0 Å². The molecule has 2 aliphatic rings. The van der Waals surface area contributed by atoms with Crippen LogP contribution >= 0.6 is 0 Å². The molecule has 3 N–H and O–H groups in total. The Morgan fingerprint density at radius 1 is 0.800 bits per heavy atom. The highest BCUT2D eigenvalue weighted by Gasteiger charge is 2.18. The van der Waals surface area contributed by atoms with Gasteiger partial charge in [0, 0.05) is 23.8 Å². The second kappa shape index (κ2) is 4.31. The van der Waals surface area contributed by atoms with Crippen LogP contribution in [-0.2, 0) is 0 Å². The van der Waals surface area contributed by atoms with Gasteiger partial charge in [-0.05, 0) is 24.3 Å². The van der Waals surface area contributed by atoms with Crippen LogP contribution in [-0.4, -0.2) is 15.3 Å². The van der Waals surface area contributed by atoms with Crippen LogP contribution < -0.4 is 5.43 Å². The van der Waals surface area contributed by atoms with Crippen molar-refractivity contribution in [2.75, 3.05) is 0 Å². The summed E-state index contributed by atoms with van der Waals surface area (Å²) in [6, 6.07) is 9.73. The Bertz CT molecular complexity index is 802. The summed E-state index contributed by atoms with van der Waals surface area (Å²) in [5.41, 5.74) is 0.295. The molecule has 0 atom stereocenters. The van der Waals surface area contributed by atoms with Gasteiger partial charge in [-0.2, -0.15) is 0 Å². The number of phenols is 2. The van der Waals surface area contributed by atoms with Crippen LogP contribution in [0.3, 0.4) is 0 Å². The Labute approximate surface area is 113 Å². The number of hydrogen-bond acceptors (Lipinski definition) is 5. The van der Waals surface area contributed by atoms with Crippen molar-refractivity contribution in [3.05, 3.63) is 52.7 Å². The van der Waals surface area contributed by atoms with Crippen molar-refractivity contribution in [2.24, 2.45) is 0 Å². The first-order valence-electron chi connectivity index (χ1n) is 5.84. The van der Waals surface area contributed by atoms with E-state index >= 15 is 0 Å². The predicted molar refractivity (Wildman–Crippen MR) is 72.0 cm³/mol. The molecule has 1 aromatic carbocycles. The van der Waals surface area contributed by atoms with Crippen molar-refractivity contribution in [3.63, 3.8) is 0 Å². The first kappa shape index (κ1) is 12.1. The Balaban J connectivity index is 2.27. The Hall–Kier alpha value is -2.95. The summed E-state index contributed by atoms with van der Waals surface area (Å²) < 4.78 is 5.53. The molecule has 0 saturated heterocycles. The topological polar surface area (TPSA) is 90.9 Å². The smallest absolute Gasteiger partial charge is 0.186 e. The molecule has 1 aromatic rings. The predicted octanol–water partition coefficient (Wildman–Crippen LogP) is 2.53. The van der Waals surface area contributed by atoms with E-state index in [0.29, 0.717) is 11.3 Å². The summed E-state index contributed by atoms with van der Waals surface area (Å²) in [4.78, 5) is 11.4. The zero-order chi connectivity index (χ0) is 14.3. The zero-order valence-electron chi connectivity index (χ0n) is 10.2. The van der Waals surface area contributed by atoms with Gasteiger partial charge in [-0.1, -0.05) is 0 Å². The van der Waals surface area contributed by atoms with E-state index in [1.54, 1.807) is 12.1 Å². The second-order valence-electron chi connectivity index (χ2n) is 4.36. The van der Waals surface area contributed by atoms with E-state index in [4.69, 9.17) is 4.42 Å². The van der Waals surface area contributed by atoms with Gasteiger partial charge in [0.15, 0.2) is 5.43 Å². The molecule has 1 aliphatic heterocycles. The van der Waals surface area contributed by atoms with Gasteiger partial charge in [0.25, 0.3) is 0 Å². The lowest BCUT2D eigenvalue weighted by Crippen LogP contribution is -1.99. The van der Waals surface area contributed by atoms with E-state index in [9.17, 15) is 20.1 Å². The maximum atomic E-state index is 11.4. The monoisotopic (exact) mass is 270 g/mol. The van der Waals surface area contributed by atoms with Gasteiger partial charge in [-0.25, -0.2) is 0 Å². The summed E-state index contributed by atoms with van der Waals surface area (Å²) in [5.74, 6) is 0.00848. The minimum absolute atomic E-state index is 0.0899. The summed E-state index contributed by atoms with van der Waals surface area (Å²) in [7, 11) is 0. The van der Waals surface area contributed by atoms with E-state index in [1.165, 1.54) is 24.3 Å². The molecule has 20 heavy (non-hydrogen) atoms. The molecule has 1 heterocycles. The lowest BCUT2D eigenvalue weighted by atomic mass is 10.1. The van der Waals surface area contributed by atoms with Gasteiger partial charge >= 0.3 is 0 Å². The lowest BCUT2D eigenvalue weighted by Gasteiger charge is -2.11. The highest BCUT2D eigenvalue weighted by Crippen LogP contribution is 2.40. The number of hydrogen-bond donors (Lipinski definition) is 3. The van der Waals surface area contributed by atoms with Gasteiger partial charge < -0.3 is 19.7 Å². The van der Waals surface area contributed by atoms with Gasteiger partial charge in [-0.3, -0.25) is 4.79 Å². The van der Waals surface area contributed by atoms with Crippen LogP contribution in [0.2, 0.25) is 0 Å². The van der Waals surface area contributed by atoms with E-state index in [0.717, 1.165) is 6.07 Å². The molecule has 0 saturated carbocycles. The molecule has 0 spiro atoms. The molecule has 5 heteroatoms. The normalized spacial score (nSPS) is 10.8. The SMILES string of the molecule is O=c1cc2oc(-c3ccc(O)cc3)cc(O)c-2c(O)c1. The molecular weight excluding hydrogens is 260 g/mol. The fraction of sp³-hybridized carbons (Fsp3) is 0. The zero-order valence-corrected chi connectivity index (χ0v) is 10.2.